The molecule has 0 N–H and O–H groups in total. The zero-order chi connectivity index (χ0) is 18.5. The maximum atomic E-state index is 14.6. The lowest BCUT2D eigenvalue weighted by Crippen LogP contribution is -2.10. The van der Waals surface area contributed by atoms with Crippen molar-refractivity contribution in [1.29, 1.82) is 0 Å². The number of hydrogen-bond donors (Lipinski definition) is 0. The van der Waals surface area contributed by atoms with Crippen LogP contribution in [0.2, 0.25) is 0 Å². The molecule has 1 aliphatic rings. The summed E-state index contributed by atoms with van der Waals surface area (Å²) < 4.78 is 53.5. The van der Waals surface area contributed by atoms with Gasteiger partial charge in [-0.3, -0.25) is 0 Å². The molecule has 6 heteroatoms. The molecule has 0 bridgehead atoms. The molecule has 0 unspecified atom stereocenters. The van der Waals surface area contributed by atoms with E-state index in [0.717, 1.165) is 48.6 Å². The third-order valence-electron chi connectivity index (χ3n) is 5.08. The van der Waals surface area contributed by atoms with Crippen LogP contribution < -0.4 is 0 Å². The maximum absolute atomic E-state index is 14.6. The lowest BCUT2D eigenvalue weighted by atomic mass is 9.95. The highest BCUT2D eigenvalue weighted by molar-refractivity contribution is 7.90. The molecule has 0 aliphatic heterocycles. The predicted octanol–water partition coefficient (Wildman–Crippen LogP) is 4.25. The third-order valence-corrected chi connectivity index (χ3v) is 6.21. The minimum Gasteiger partial charge on any atom is -0.338 e. The fraction of sp³-hybridized carbons (Fsp3) is 0.300. The van der Waals surface area contributed by atoms with Crippen LogP contribution in [0.1, 0.15) is 29.7 Å². The molecule has 0 amide bonds. The summed E-state index contributed by atoms with van der Waals surface area (Å²) in [4.78, 5) is 0.258. The highest BCUT2D eigenvalue weighted by Gasteiger charge is 2.23. The van der Waals surface area contributed by atoms with Crippen molar-refractivity contribution in [1.82, 2.24) is 4.57 Å². The van der Waals surface area contributed by atoms with E-state index in [1.165, 1.54) is 12.3 Å². The first-order valence-electron chi connectivity index (χ1n) is 8.62. The number of benzene rings is 2. The van der Waals surface area contributed by atoms with E-state index in [0.29, 0.717) is 17.4 Å². The summed E-state index contributed by atoms with van der Waals surface area (Å²) in [5, 5.41) is 0.657. The van der Waals surface area contributed by atoms with Crippen LogP contribution in [0.15, 0.2) is 41.3 Å². The molecule has 1 aliphatic carbocycles. The fourth-order valence-corrected chi connectivity index (χ4v) is 4.51. The highest BCUT2D eigenvalue weighted by Crippen LogP contribution is 2.34. The molecule has 0 saturated heterocycles. The van der Waals surface area contributed by atoms with Crippen LogP contribution in [0.25, 0.3) is 10.9 Å². The second-order valence-electron chi connectivity index (χ2n) is 6.92. The molecule has 0 fully saturated rings. The Morgan fingerprint density at radius 1 is 1.04 bits per heavy atom. The Balaban J connectivity index is 1.84. The van der Waals surface area contributed by atoms with Crippen LogP contribution in [-0.4, -0.2) is 19.2 Å². The summed E-state index contributed by atoms with van der Waals surface area (Å²) in [6.45, 7) is 0.429. The van der Waals surface area contributed by atoms with Crippen molar-refractivity contribution in [3.05, 3.63) is 64.9 Å². The third kappa shape index (κ3) is 2.92. The number of nitrogens with zero attached hydrogens (tertiary/aromatic N) is 1. The Kier molecular flexibility index (Phi) is 4.10. The molecule has 1 heterocycles. The molecule has 0 atom stereocenters. The molecular formula is C20H19F2NO2S. The largest absolute Gasteiger partial charge is 0.338 e. The van der Waals surface area contributed by atoms with Crippen molar-refractivity contribution < 1.29 is 17.2 Å². The Bertz CT molecular complexity index is 1100. The van der Waals surface area contributed by atoms with Gasteiger partial charge in [-0.2, -0.15) is 0 Å². The second-order valence-corrected chi connectivity index (χ2v) is 8.93. The van der Waals surface area contributed by atoms with Gasteiger partial charge in [-0.15, -0.1) is 0 Å². The van der Waals surface area contributed by atoms with E-state index in [4.69, 9.17) is 0 Å². The smallest absolute Gasteiger partial charge is 0.175 e. The van der Waals surface area contributed by atoms with Gasteiger partial charge in [0, 0.05) is 29.9 Å². The van der Waals surface area contributed by atoms with Crippen LogP contribution in [0.5, 0.6) is 0 Å². The quantitative estimate of drug-likeness (QED) is 0.686. The van der Waals surface area contributed by atoms with E-state index in [1.54, 1.807) is 24.3 Å². The molecule has 3 nitrogen and oxygen atoms in total. The Labute approximate surface area is 151 Å². The van der Waals surface area contributed by atoms with Crippen LogP contribution in [0.3, 0.4) is 0 Å². The zero-order valence-corrected chi connectivity index (χ0v) is 15.2. The van der Waals surface area contributed by atoms with Crippen molar-refractivity contribution >= 4 is 20.7 Å². The molecule has 4 rings (SSSR count). The summed E-state index contributed by atoms with van der Waals surface area (Å²) in [7, 11) is -3.25. The number of aryl methyl sites for hydroxylation is 1. The van der Waals surface area contributed by atoms with E-state index in [2.05, 4.69) is 0 Å². The highest BCUT2D eigenvalue weighted by atomic mass is 32.2. The van der Waals surface area contributed by atoms with E-state index < -0.39 is 21.5 Å². The second kappa shape index (κ2) is 6.20. The van der Waals surface area contributed by atoms with Gasteiger partial charge in [0.1, 0.15) is 11.6 Å². The van der Waals surface area contributed by atoms with Gasteiger partial charge in [0.2, 0.25) is 0 Å². The van der Waals surface area contributed by atoms with Gasteiger partial charge in [0.25, 0.3) is 0 Å². The number of halogens is 2. The summed E-state index contributed by atoms with van der Waals surface area (Å²) in [6, 6.07) is 8.98. The molecule has 1 aromatic heterocycles. The van der Waals surface area contributed by atoms with Crippen molar-refractivity contribution in [2.75, 3.05) is 6.26 Å². The number of rotatable bonds is 3. The van der Waals surface area contributed by atoms with Crippen LogP contribution in [-0.2, 0) is 29.2 Å². The van der Waals surface area contributed by atoms with Gasteiger partial charge >= 0.3 is 0 Å². The van der Waals surface area contributed by atoms with Gasteiger partial charge in [0.05, 0.1) is 10.4 Å². The van der Waals surface area contributed by atoms with Crippen molar-refractivity contribution in [2.45, 2.75) is 37.1 Å². The first kappa shape index (κ1) is 17.2. The number of hydrogen-bond acceptors (Lipinski definition) is 2. The van der Waals surface area contributed by atoms with Crippen molar-refractivity contribution in [2.24, 2.45) is 0 Å². The van der Waals surface area contributed by atoms with E-state index in [-0.39, 0.29) is 4.90 Å². The maximum Gasteiger partial charge on any atom is 0.175 e. The monoisotopic (exact) mass is 375 g/mol. The molecule has 0 saturated carbocycles. The average Bonchev–Trinajstić information content (AvgIpc) is 2.89. The Morgan fingerprint density at radius 2 is 1.73 bits per heavy atom. The number of fused-ring (bicyclic) bond motifs is 3. The van der Waals surface area contributed by atoms with E-state index >= 15 is 0 Å². The zero-order valence-electron chi connectivity index (χ0n) is 14.4. The lowest BCUT2D eigenvalue weighted by Gasteiger charge is -2.16. The Hall–Kier alpha value is -2.21. The van der Waals surface area contributed by atoms with Gasteiger partial charge in [0.15, 0.2) is 9.84 Å². The summed E-state index contributed by atoms with van der Waals surface area (Å²) >= 11 is 0. The topological polar surface area (TPSA) is 39.1 Å². The van der Waals surface area contributed by atoms with Crippen molar-refractivity contribution in [3.8, 4) is 0 Å². The Morgan fingerprint density at radius 3 is 2.42 bits per heavy atom. The van der Waals surface area contributed by atoms with Gasteiger partial charge < -0.3 is 4.57 Å². The average molecular weight is 375 g/mol. The SMILES string of the molecule is CS(=O)(=O)c1ccc(Cn2c3c(c4cc(F)cc(F)c42)CCCC3)cc1. The van der Waals surface area contributed by atoms with E-state index in [9.17, 15) is 17.2 Å². The van der Waals surface area contributed by atoms with Crippen molar-refractivity contribution in [3.63, 3.8) is 0 Å². The molecule has 0 spiro atoms. The number of aromatic nitrogens is 1. The van der Waals surface area contributed by atoms with Gasteiger partial charge in [-0.05, 0) is 55.0 Å². The molecule has 2 aromatic carbocycles. The number of sulfone groups is 1. The summed E-state index contributed by atoms with van der Waals surface area (Å²) in [5.74, 6) is -1.11. The normalized spacial score (nSPS) is 14.6. The first-order valence-corrected chi connectivity index (χ1v) is 10.5. The minimum absolute atomic E-state index is 0.258. The fourth-order valence-electron chi connectivity index (χ4n) is 3.88. The standard InChI is InChI=1S/C20H19F2NO2S/c1-26(24,25)15-8-6-13(7-9-15)12-23-19-5-3-2-4-16(19)17-10-14(21)11-18(22)20(17)23/h6-11H,2-5,12H2,1H3. The van der Waals surface area contributed by atoms with Crippen LogP contribution in [0.4, 0.5) is 8.78 Å². The minimum atomic E-state index is -3.25. The lowest BCUT2D eigenvalue weighted by molar-refractivity contribution is 0.584. The van der Waals surface area contributed by atoms with Crippen LogP contribution in [0, 0.1) is 11.6 Å². The molecule has 26 heavy (non-hydrogen) atoms. The van der Waals surface area contributed by atoms with Gasteiger partial charge in [-0.1, -0.05) is 12.1 Å². The molecule has 136 valence electrons. The van der Waals surface area contributed by atoms with Gasteiger partial charge in [-0.25, -0.2) is 17.2 Å². The predicted molar refractivity (Wildman–Crippen MR) is 97.1 cm³/mol. The van der Waals surface area contributed by atoms with Crippen LogP contribution >= 0.6 is 0 Å². The first-order chi connectivity index (χ1) is 12.3. The molecule has 0 radical (unpaired) electrons. The summed E-state index contributed by atoms with van der Waals surface area (Å²) in [6.07, 6.45) is 4.89. The molecular weight excluding hydrogens is 356 g/mol. The molecule has 3 aromatic rings. The van der Waals surface area contributed by atoms with E-state index in [1.807, 2.05) is 4.57 Å². The summed E-state index contributed by atoms with van der Waals surface area (Å²) in [5.41, 5.74) is 3.41.